The molecule has 8 heteroatoms. The van der Waals surface area contributed by atoms with Crippen molar-refractivity contribution in [2.45, 2.75) is 38.8 Å². The van der Waals surface area contributed by atoms with E-state index < -0.39 is 5.91 Å². The van der Waals surface area contributed by atoms with Crippen LogP contribution in [0.1, 0.15) is 54.0 Å². The predicted molar refractivity (Wildman–Crippen MR) is 71.3 cm³/mol. The number of rotatable bonds is 5. The fourth-order valence-corrected chi connectivity index (χ4v) is 2.19. The molecule has 1 fully saturated rings. The van der Waals surface area contributed by atoms with Crippen LogP contribution in [0.4, 0.5) is 0 Å². The highest BCUT2D eigenvalue weighted by atomic mass is 16.5. The second kappa shape index (κ2) is 6.04. The maximum atomic E-state index is 11.9. The third-order valence-corrected chi connectivity index (χ3v) is 3.35. The molecule has 3 rings (SSSR count). The number of hydrogen-bond acceptors (Lipinski definition) is 7. The molecule has 2 N–H and O–H groups in total. The summed E-state index contributed by atoms with van der Waals surface area (Å²) in [6.07, 6.45) is 4.43. The minimum Gasteiger partial charge on any atom is -0.444 e. The van der Waals surface area contributed by atoms with Gasteiger partial charge in [0.2, 0.25) is 11.8 Å². The third-order valence-electron chi connectivity index (χ3n) is 3.35. The summed E-state index contributed by atoms with van der Waals surface area (Å²) in [7, 11) is 0. The Bertz CT molecular complexity index is 615. The van der Waals surface area contributed by atoms with E-state index in [1.807, 2.05) is 6.92 Å². The van der Waals surface area contributed by atoms with Crippen LogP contribution in [0.3, 0.4) is 0 Å². The van der Waals surface area contributed by atoms with Crippen LogP contribution in [0.5, 0.6) is 0 Å². The van der Waals surface area contributed by atoms with Gasteiger partial charge in [0.15, 0.2) is 0 Å². The highest BCUT2D eigenvalue weighted by molar-refractivity contribution is 5.90. The topological polar surface area (TPSA) is 106 Å². The van der Waals surface area contributed by atoms with Crippen molar-refractivity contribution < 1.29 is 13.7 Å². The monoisotopic (exact) mass is 291 g/mol. The smallest absolute Gasteiger partial charge is 0.293 e. The second-order valence-electron chi connectivity index (χ2n) is 4.86. The summed E-state index contributed by atoms with van der Waals surface area (Å²) >= 11 is 0. The van der Waals surface area contributed by atoms with Crippen molar-refractivity contribution in [3.05, 3.63) is 29.6 Å². The zero-order valence-corrected chi connectivity index (χ0v) is 11.8. The van der Waals surface area contributed by atoms with Crippen molar-refractivity contribution in [2.75, 3.05) is 6.54 Å². The highest BCUT2D eigenvalue weighted by Gasteiger charge is 2.24. The van der Waals surface area contributed by atoms with Crippen LogP contribution in [0, 0.1) is 0 Å². The molecule has 1 aliphatic heterocycles. The molecule has 21 heavy (non-hydrogen) atoms. The summed E-state index contributed by atoms with van der Waals surface area (Å²) < 4.78 is 10.5. The van der Waals surface area contributed by atoms with Gasteiger partial charge in [0.05, 0.1) is 18.8 Å². The number of amides is 1. The largest absolute Gasteiger partial charge is 0.444 e. The molecule has 3 heterocycles. The molecule has 0 aromatic carbocycles. The van der Waals surface area contributed by atoms with E-state index in [2.05, 4.69) is 25.8 Å². The number of carbonyl (C=O) groups is 1. The van der Waals surface area contributed by atoms with Crippen molar-refractivity contribution in [1.29, 1.82) is 0 Å². The Kier molecular flexibility index (Phi) is 3.96. The standard InChI is InChI=1S/C13H17N5O3/c1-2-8-6-15-10(20-8)7-16-12(19)11-17-13(21-18-11)9-4-3-5-14-9/h6,9,14H,2-5,7H2,1H3,(H,16,19). The number of carbonyl (C=O) groups excluding carboxylic acids is 1. The van der Waals surface area contributed by atoms with E-state index in [0.29, 0.717) is 11.8 Å². The molecular formula is C13H17N5O3. The molecule has 0 radical (unpaired) electrons. The Morgan fingerprint density at radius 2 is 2.48 bits per heavy atom. The quantitative estimate of drug-likeness (QED) is 0.845. The molecule has 1 atom stereocenters. The normalized spacial score (nSPS) is 18.0. The fraction of sp³-hybridized carbons (Fsp3) is 0.538. The van der Waals surface area contributed by atoms with Gasteiger partial charge in [-0.2, -0.15) is 4.98 Å². The minimum atomic E-state index is -0.403. The first-order valence-corrected chi connectivity index (χ1v) is 7.05. The summed E-state index contributed by atoms with van der Waals surface area (Å²) in [6.45, 7) is 3.10. The van der Waals surface area contributed by atoms with E-state index in [1.165, 1.54) is 0 Å². The lowest BCUT2D eigenvalue weighted by Crippen LogP contribution is -2.24. The van der Waals surface area contributed by atoms with Crippen LogP contribution in [-0.4, -0.2) is 27.6 Å². The number of nitrogens with one attached hydrogen (secondary N) is 2. The summed E-state index contributed by atoms with van der Waals surface area (Å²) in [4.78, 5) is 20.1. The molecule has 1 amide bonds. The molecule has 0 saturated carbocycles. The van der Waals surface area contributed by atoms with Crippen molar-refractivity contribution in [1.82, 2.24) is 25.8 Å². The van der Waals surface area contributed by atoms with E-state index in [1.54, 1.807) is 6.20 Å². The van der Waals surface area contributed by atoms with Crippen LogP contribution in [0.25, 0.3) is 0 Å². The number of aryl methyl sites for hydroxylation is 1. The van der Waals surface area contributed by atoms with Gasteiger partial charge >= 0.3 is 0 Å². The van der Waals surface area contributed by atoms with Crippen molar-refractivity contribution in [3.8, 4) is 0 Å². The number of hydrogen-bond donors (Lipinski definition) is 2. The number of oxazole rings is 1. The van der Waals surface area contributed by atoms with Gasteiger partial charge < -0.3 is 19.6 Å². The summed E-state index contributed by atoms with van der Waals surface area (Å²) in [6, 6.07) is 0.0536. The molecule has 1 aliphatic rings. The van der Waals surface area contributed by atoms with Gasteiger partial charge in [0, 0.05) is 6.42 Å². The fourth-order valence-electron chi connectivity index (χ4n) is 2.19. The highest BCUT2D eigenvalue weighted by Crippen LogP contribution is 2.20. The van der Waals surface area contributed by atoms with Gasteiger partial charge in [-0.1, -0.05) is 12.1 Å². The molecule has 2 aromatic heterocycles. The van der Waals surface area contributed by atoms with Gasteiger partial charge in [-0.3, -0.25) is 4.79 Å². The van der Waals surface area contributed by atoms with E-state index in [4.69, 9.17) is 8.94 Å². The first-order chi connectivity index (χ1) is 10.3. The van der Waals surface area contributed by atoms with Gasteiger partial charge in [-0.05, 0) is 19.4 Å². The van der Waals surface area contributed by atoms with E-state index in [0.717, 1.165) is 31.6 Å². The van der Waals surface area contributed by atoms with Crippen LogP contribution in [0.15, 0.2) is 15.1 Å². The number of aromatic nitrogens is 3. The molecule has 8 nitrogen and oxygen atoms in total. The lowest BCUT2D eigenvalue weighted by Gasteiger charge is -2.01. The SMILES string of the molecule is CCc1cnc(CNC(=O)c2noc(C3CCCN3)n2)o1. The third kappa shape index (κ3) is 3.10. The van der Waals surface area contributed by atoms with Crippen molar-refractivity contribution in [2.24, 2.45) is 0 Å². The Morgan fingerprint density at radius 3 is 3.19 bits per heavy atom. The van der Waals surface area contributed by atoms with Crippen molar-refractivity contribution >= 4 is 5.91 Å². The van der Waals surface area contributed by atoms with Gasteiger partial charge in [0.25, 0.3) is 11.7 Å². The maximum absolute atomic E-state index is 11.9. The summed E-state index contributed by atoms with van der Waals surface area (Å²) in [5, 5.41) is 9.60. The molecule has 1 unspecified atom stereocenters. The van der Waals surface area contributed by atoms with Gasteiger partial charge in [-0.15, -0.1) is 0 Å². The van der Waals surface area contributed by atoms with Gasteiger partial charge in [-0.25, -0.2) is 4.98 Å². The molecule has 112 valence electrons. The zero-order chi connectivity index (χ0) is 14.7. The predicted octanol–water partition coefficient (Wildman–Crippen LogP) is 0.974. The maximum Gasteiger partial charge on any atom is 0.293 e. The zero-order valence-electron chi connectivity index (χ0n) is 11.8. The van der Waals surface area contributed by atoms with Gasteiger partial charge in [0.1, 0.15) is 5.76 Å². The minimum absolute atomic E-state index is 0.0287. The van der Waals surface area contributed by atoms with E-state index in [-0.39, 0.29) is 18.4 Å². The van der Waals surface area contributed by atoms with Crippen LogP contribution < -0.4 is 10.6 Å². The lowest BCUT2D eigenvalue weighted by atomic mass is 10.2. The average molecular weight is 291 g/mol. The summed E-state index contributed by atoms with van der Waals surface area (Å²) in [5.41, 5.74) is 0. The average Bonchev–Trinajstić information content (AvgIpc) is 3.24. The van der Waals surface area contributed by atoms with E-state index >= 15 is 0 Å². The lowest BCUT2D eigenvalue weighted by molar-refractivity contribution is 0.0933. The second-order valence-corrected chi connectivity index (χ2v) is 4.86. The molecule has 2 aromatic rings. The Labute approximate surface area is 121 Å². The Morgan fingerprint density at radius 1 is 1.57 bits per heavy atom. The molecule has 1 saturated heterocycles. The summed E-state index contributed by atoms with van der Waals surface area (Å²) in [5.74, 6) is 1.33. The van der Waals surface area contributed by atoms with Crippen LogP contribution in [0.2, 0.25) is 0 Å². The number of nitrogens with zero attached hydrogens (tertiary/aromatic N) is 3. The van der Waals surface area contributed by atoms with Crippen LogP contribution >= 0.6 is 0 Å². The first kappa shape index (κ1) is 13.7. The molecular weight excluding hydrogens is 274 g/mol. The van der Waals surface area contributed by atoms with E-state index in [9.17, 15) is 4.79 Å². The Balaban J connectivity index is 1.57. The van der Waals surface area contributed by atoms with Crippen molar-refractivity contribution in [3.63, 3.8) is 0 Å². The first-order valence-electron chi connectivity index (χ1n) is 7.05. The molecule has 0 spiro atoms. The van der Waals surface area contributed by atoms with Crippen LogP contribution in [-0.2, 0) is 13.0 Å². The molecule has 0 bridgehead atoms. The molecule has 0 aliphatic carbocycles. The Hall–Kier alpha value is -2.22.